The maximum Gasteiger partial charge on any atom is 0.238 e. The Kier molecular flexibility index (Phi) is 6.18. The van der Waals surface area contributed by atoms with Gasteiger partial charge in [0.25, 0.3) is 0 Å². The minimum atomic E-state index is -0.680. The van der Waals surface area contributed by atoms with Crippen molar-refractivity contribution in [3.63, 3.8) is 0 Å². The van der Waals surface area contributed by atoms with Crippen LogP contribution in [0.3, 0.4) is 0 Å². The quantitative estimate of drug-likeness (QED) is 0.716. The van der Waals surface area contributed by atoms with E-state index in [1.807, 2.05) is 31.2 Å². The van der Waals surface area contributed by atoms with Gasteiger partial charge in [-0.3, -0.25) is 4.79 Å². The van der Waals surface area contributed by atoms with Gasteiger partial charge in [-0.2, -0.15) is 0 Å². The number of nitrogens with two attached hydrogens (primary N) is 1. The predicted octanol–water partition coefficient (Wildman–Crippen LogP) is 2.03. The van der Waals surface area contributed by atoms with Crippen LogP contribution in [0.2, 0.25) is 0 Å². The zero-order valence-corrected chi connectivity index (χ0v) is 12.5. The lowest BCUT2D eigenvalue weighted by molar-refractivity contribution is -0.122. The van der Waals surface area contributed by atoms with Gasteiger partial charge in [-0.15, -0.1) is 11.8 Å². The average Bonchev–Trinajstić information content (AvgIpc) is 2.43. The van der Waals surface area contributed by atoms with Crippen molar-refractivity contribution in [3.05, 3.63) is 24.3 Å². The van der Waals surface area contributed by atoms with Crippen LogP contribution in [-0.4, -0.2) is 30.9 Å². The van der Waals surface area contributed by atoms with Gasteiger partial charge in [0.1, 0.15) is 11.3 Å². The smallest absolute Gasteiger partial charge is 0.238 e. The fourth-order valence-corrected chi connectivity index (χ4v) is 2.54. The van der Waals surface area contributed by atoms with Gasteiger partial charge in [-0.25, -0.2) is 0 Å². The number of carbonyl (C=O) groups is 1. The summed E-state index contributed by atoms with van der Waals surface area (Å²) in [5, 5.41) is 3.22. The number of methoxy groups -OCH3 is 1. The fourth-order valence-electron chi connectivity index (χ4n) is 1.51. The van der Waals surface area contributed by atoms with E-state index < -0.39 is 5.54 Å². The van der Waals surface area contributed by atoms with Crippen molar-refractivity contribution in [2.24, 2.45) is 5.73 Å². The molecule has 0 heterocycles. The van der Waals surface area contributed by atoms with E-state index in [0.717, 1.165) is 23.6 Å². The summed E-state index contributed by atoms with van der Waals surface area (Å²) in [4.78, 5) is 12.7. The van der Waals surface area contributed by atoms with Crippen LogP contribution in [0.4, 0.5) is 0 Å². The number of nitrogens with one attached hydrogen (secondary N) is 1. The minimum Gasteiger partial charge on any atom is -0.497 e. The Morgan fingerprint density at radius 2 is 2.05 bits per heavy atom. The SMILES string of the molecule is CCCNC(C)(CSc1ccc(OC)cc1)C(N)=O. The van der Waals surface area contributed by atoms with E-state index >= 15 is 0 Å². The molecule has 0 spiro atoms. The van der Waals surface area contributed by atoms with E-state index in [-0.39, 0.29) is 5.91 Å². The summed E-state index contributed by atoms with van der Waals surface area (Å²) < 4.78 is 5.11. The lowest BCUT2D eigenvalue weighted by Gasteiger charge is -2.27. The van der Waals surface area contributed by atoms with Crippen molar-refractivity contribution in [2.45, 2.75) is 30.7 Å². The zero-order valence-electron chi connectivity index (χ0n) is 11.7. The van der Waals surface area contributed by atoms with Crippen molar-refractivity contribution < 1.29 is 9.53 Å². The third kappa shape index (κ3) is 4.76. The van der Waals surface area contributed by atoms with Crippen molar-refractivity contribution in [3.8, 4) is 5.75 Å². The molecule has 1 rings (SSSR count). The Morgan fingerprint density at radius 1 is 1.42 bits per heavy atom. The molecule has 3 N–H and O–H groups in total. The van der Waals surface area contributed by atoms with Gasteiger partial charge >= 0.3 is 0 Å². The summed E-state index contributed by atoms with van der Waals surface area (Å²) in [7, 11) is 1.64. The third-order valence-corrected chi connectivity index (χ3v) is 4.22. The van der Waals surface area contributed by atoms with Crippen LogP contribution in [0.5, 0.6) is 5.75 Å². The van der Waals surface area contributed by atoms with Gasteiger partial charge < -0.3 is 15.8 Å². The molecule has 106 valence electrons. The number of hydrogen-bond donors (Lipinski definition) is 2. The Hall–Kier alpha value is -1.20. The number of hydrogen-bond acceptors (Lipinski definition) is 4. The first-order chi connectivity index (χ1) is 9.01. The molecule has 1 amide bonds. The maximum atomic E-state index is 11.6. The highest BCUT2D eigenvalue weighted by Gasteiger charge is 2.30. The Bertz CT molecular complexity index is 408. The average molecular weight is 282 g/mol. The first-order valence-electron chi connectivity index (χ1n) is 6.33. The summed E-state index contributed by atoms with van der Waals surface area (Å²) >= 11 is 1.61. The molecule has 0 radical (unpaired) electrons. The second kappa shape index (κ2) is 7.40. The number of primary amides is 1. The molecule has 1 unspecified atom stereocenters. The molecule has 0 aliphatic carbocycles. The van der Waals surface area contributed by atoms with Gasteiger partial charge in [0.2, 0.25) is 5.91 Å². The molecule has 0 aliphatic heterocycles. The Labute approximate surface area is 119 Å². The van der Waals surface area contributed by atoms with Gasteiger partial charge in [-0.1, -0.05) is 6.92 Å². The molecule has 0 saturated carbocycles. The molecule has 0 saturated heterocycles. The number of carbonyl (C=O) groups excluding carboxylic acids is 1. The normalized spacial score (nSPS) is 13.8. The molecule has 1 aromatic rings. The van der Waals surface area contributed by atoms with Gasteiger partial charge in [0.15, 0.2) is 0 Å². The molecule has 5 heteroatoms. The molecular formula is C14H22N2O2S. The molecule has 19 heavy (non-hydrogen) atoms. The zero-order chi connectivity index (χ0) is 14.3. The second-order valence-electron chi connectivity index (χ2n) is 4.59. The van der Waals surface area contributed by atoms with Crippen LogP contribution in [-0.2, 0) is 4.79 Å². The van der Waals surface area contributed by atoms with E-state index in [4.69, 9.17) is 10.5 Å². The molecular weight excluding hydrogens is 260 g/mol. The molecule has 0 fully saturated rings. The lowest BCUT2D eigenvalue weighted by atomic mass is 10.1. The van der Waals surface area contributed by atoms with E-state index in [0.29, 0.717) is 5.75 Å². The first-order valence-corrected chi connectivity index (χ1v) is 7.32. The van der Waals surface area contributed by atoms with Crippen LogP contribution >= 0.6 is 11.8 Å². The van der Waals surface area contributed by atoms with Crippen molar-refractivity contribution in [2.75, 3.05) is 19.4 Å². The number of ether oxygens (including phenoxy) is 1. The van der Waals surface area contributed by atoms with E-state index in [1.165, 1.54) is 0 Å². The van der Waals surface area contributed by atoms with E-state index in [2.05, 4.69) is 12.2 Å². The fraction of sp³-hybridized carbons (Fsp3) is 0.500. The molecule has 1 aromatic carbocycles. The number of amides is 1. The molecule has 0 bridgehead atoms. The molecule has 1 atom stereocenters. The number of thioether (sulfide) groups is 1. The third-order valence-electron chi connectivity index (χ3n) is 2.90. The molecule has 0 aliphatic rings. The Morgan fingerprint density at radius 3 is 2.53 bits per heavy atom. The highest BCUT2D eigenvalue weighted by molar-refractivity contribution is 7.99. The lowest BCUT2D eigenvalue weighted by Crippen LogP contribution is -2.55. The van der Waals surface area contributed by atoms with Crippen LogP contribution < -0.4 is 15.8 Å². The van der Waals surface area contributed by atoms with Gasteiger partial charge in [0, 0.05) is 10.6 Å². The van der Waals surface area contributed by atoms with E-state index in [9.17, 15) is 4.79 Å². The largest absolute Gasteiger partial charge is 0.497 e. The van der Waals surface area contributed by atoms with Crippen LogP contribution in [0.15, 0.2) is 29.2 Å². The van der Waals surface area contributed by atoms with Crippen molar-refractivity contribution in [1.82, 2.24) is 5.32 Å². The monoisotopic (exact) mass is 282 g/mol. The summed E-state index contributed by atoms with van der Waals surface area (Å²) in [6.07, 6.45) is 0.968. The van der Waals surface area contributed by atoms with Gasteiger partial charge in [-0.05, 0) is 44.2 Å². The summed E-state index contributed by atoms with van der Waals surface area (Å²) in [5.41, 5.74) is 4.81. The molecule has 4 nitrogen and oxygen atoms in total. The van der Waals surface area contributed by atoms with Crippen LogP contribution in [0, 0.1) is 0 Å². The maximum absolute atomic E-state index is 11.6. The van der Waals surface area contributed by atoms with Gasteiger partial charge in [0.05, 0.1) is 7.11 Å². The standard InChI is InChI=1S/C14H22N2O2S/c1-4-9-16-14(2,13(15)17)10-19-12-7-5-11(18-3)6-8-12/h5-8,16H,4,9-10H2,1-3H3,(H2,15,17). The van der Waals surface area contributed by atoms with Crippen molar-refractivity contribution in [1.29, 1.82) is 0 Å². The summed E-state index contributed by atoms with van der Waals surface area (Å²) in [5.74, 6) is 1.11. The highest BCUT2D eigenvalue weighted by Crippen LogP contribution is 2.24. The van der Waals surface area contributed by atoms with Crippen molar-refractivity contribution >= 4 is 17.7 Å². The molecule has 0 aromatic heterocycles. The Balaban J connectivity index is 2.62. The highest BCUT2D eigenvalue weighted by atomic mass is 32.2. The van der Waals surface area contributed by atoms with E-state index in [1.54, 1.807) is 18.9 Å². The summed E-state index contributed by atoms with van der Waals surface area (Å²) in [6, 6.07) is 7.77. The second-order valence-corrected chi connectivity index (χ2v) is 5.64. The minimum absolute atomic E-state index is 0.318. The topological polar surface area (TPSA) is 64.3 Å². The van der Waals surface area contributed by atoms with Crippen LogP contribution in [0.25, 0.3) is 0 Å². The summed E-state index contributed by atoms with van der Waals surface area (Å²) in [6.45, 7) is 4.69. The predicted molar refractivity (Wildman–Crippen MR) is 79.6 cm³/mol. The number of rotatable bonds is 8. The number of benzene rings is 1. The first kappa shape index (κ1) is 15.9. The van der Waals surface area contributed by atoms with Crippen LogP contribution in [0.1, 0.15) is 20.3 Å².